The van der Waals surface area contributed by atoms with Crippen molar-refractivity contribution >= 4 is 39.1 Å². The lowest BCUT2D eigenvalue weighted by molar-refractivity contribution is -0.139. The van der Waals surface area contributed by atoms with E-state index in [1.807, 2.05) is 6.92 Å². The predicted molar refractivity (Wildman–Crippen MR) is 149 cm³/mol. The van der Waals surface area contributed by atoms with Crippen molar-refractivity contribution in [2.45, 2.75) is 38.3 Å². The van der Waals surface area contributed by atoms with Gasteiger partial charge in [-0.25, -0.2) is 8.42 Å². The highest BCUT2D eigenvalue weighted by molar-refractivity contribution is 7.92. The van der Waals surface area contributed by atoms with Crippen molar-refractivity contribution in [2.24, 2.45) is 0 Å². The second-order valence-corrected chi connectivity index (χ2v) is 10.8. The van der Waals surface area contributed by atoms with Crippen LogP contribution in [0, 0.1) is 0 Å². The number of halogens is 1. The molecule has 0 saturated heterocycles. The molecule has 0 aliphatic heterocycles. The summed E-state index contributed by atoms with van der Waals surface area (Å²) in [6.45, 7) is 5.69. The fourth-order valence-electron chi connectivity index (χ4n) is 3.81. The lowest BCUT2D eigenvalue weighted by Gasteiger charge is -2.32. The van der Waals surface area contributed by atoms with Crippen molar-refractivity contribution in [3.8, 4) is 5.75 Å². The topological polar surface area (TPSA) is 96.0 Å². The third-order valence-electron chi connectivity index (χ3n) is 5.83. The average Bonchev–Trinajstić information content (AvgIpc) is 2.92. The van der Waals surface area contributed by atoms with Gasteiger partial charge in [-0.2, -0.15) is 0 Å². The van der Waals surface area contributed by atoms with E-state index in [1.54, 1.807) is 80.6 Å². The van der Waals surface area contributed by atoms with Gasteiger partial charge in [-0.3, -0.25) is 13.9 Å². The lowest BCUT2D eigenvalue weighted by atomic mass is 10.1. The highest BCUT2D eigenvalue weighted by atomic mass is 35.5. The van der Waals surface area contributed by atoms with E-state index in [-0.39, 0.29) is 17.3 Å². The van der Waals surface area contributed by atoms with Crippen LogP contribution in [-0.2, 0) is 26.2 Å². The first-order chi connectivity index (χ1) is 18.2. The van der Waals surface area contributed by atoms with Crippen LogP contribution < -0.4 is 14.4 Å². The van der Waals surface area contributed by atoms with Crippen LogP contribution in [0.25, 0.3) is 0 Å². The fraction of sp³-hybridized carbons (Fsp3) is 0.286. The molecular formula is C28H32ClN3O5S. The second-order valence-electron chi connectivity index (χ2n) is 8.47. The summed E-state index contributed by atoms with van der Waals surface area (Å²) in [5.41, 5.74) is 1.04. The summed E-state index contributed by atoms with van der Waals surface area (Å²) in [5, 5.41) is 3.28. The number of likely N-dealkylation sites (N-methyl/N-ethyl adjacent to an activating group) is 1. The van der Waals surface area contributed by atoms with Crippen molar-refractivity contribution in [3.63, 3.8) is 0 Å². The first-order valence-corrected chi connectivity index (χ1v) is 14.1. The Morgan fingerprint density at radius 3 is 2.16 bits per heavy atom. The highest BCUT2D eigenvalue weighted by Gasteiger charge is 2.32. The average molecular weight is 558 g/mol. The summed E-state index contributed by atoms with van der Waals surface area (Å²) in [7, 11) is -4.12. The smallest absolute Gasteiger partial charge is 0.264 e. The number of hydrogen-bond donors (Lipinski definition) is 1. The van der Waals surface area contributed by atoms with Gasteiger partial charge in [-0.1, -0.05) is 41.9 Å². The van der Waals surface area contributed by atoms with Crippen molar-refractivity contribution in [1.29, 1.82) is 0 Å². The van der Waals surface area contributed by atoms with Gasteiger partial charge in [0.05, 0.1) is 17.2 Å². The second kappa shape index (κ2) is 13.3. The molecule has 0 fully saturated rings. The quantitative estimate of drug-likeness (QED) is 0.354. The number of rotatable bonds is 12. The number of amides is 2. The lowest BCUT2D eigenvalue weighted by Crippen LogP contribution is -2.51. The van der Waals surface area contributed by atoms with Gasteiger partial charge in [0.25, 0.3) is 10.0 Å². The zero-order chi connectivity index (χ0) is 27.7. The maximum atomic E-state index is 13.8. The number of hydrogen-bond acceptors (Lipinski definition) is 5. The molecule has 1 N–H and O–H groups in total. The minimum Gasteiger partial charge on any atom is -0.494 e. The normalized spacial score (nSPS) is 11.9. The Hall–Kier alpha value is -3.56. The van der Waals surface area contributed by atoms with Gasteiger partial charge in [-0.05, 0) is 74.9 Å². The number of carbonyl (C=O) groups excluding carboxylic acids is 2. The highest BCUT2D eigenvalue weighted by Crippen LogP contribution is 2.26. The molecule has 3 aromatic rings. The largest absolute Gasteiger partial charge is 0.494 e. The number of ether oxygens (including phenoxy) is 1. The van der Waals surface area contributed by atoms with E-state index in [0.717, 1.165) is 9.87 Å². The molecule has 0 aromatic heterocycles. The number of carbonyl (C=O) groups is 2. The van der Waals surface area contributed by atoms with Gasteiger partial charge in [0, 0.05) is 18.1 Å². The van der Waals surface area contributed by atoms with Crippen LogP contribution in [0.5, 0.6) is 5.75 Å². The first kappa shape index (κ1) is 29.0. The standard InChI is InChI=1S/C28H32ClN3O5S/c1-4-30-28(34)21(3)31(19-22-11-13-23(29)14-12-22)27(33)20-32(24-15-17-25(18-16-24)37-5-2)38(35,36)26-9-7-6-8-10-26/h6-18,21H,4-5,19-20H2,1-3H3,(H,30,34)/t21-/m0/s1. The van der Waals surface area contributed by atoms with E-state index in [9.17, 15) is 18.0 Å². The predicted octanol–water partition coefficient (Wildman–Crippen LogP) is 4.49. The van der Waals surface area contributed by atoms with E-state index >= 15 is 0 Å². The van der Waals surface area contributed by atoms with Crippen LogP contribution in [0.2, 0.25) is 5.02 Å². The van der Waals surface area contributed by atoms with Crippen LogP contribution in [0.15, 0.2) is 83.8 Å². The molecule has 0 unspecified atom stereocenters. The molecule has 0 saturated carbocycles. The molecule has 8 nitrogen and oxygen atoms in total. The summed E-state index contributed by atoms with van der Waals surface area (Å²) in [4.78, 5) is 27.9. The summed E-state index contributed by atoms with van der Waals surface area (Å²) in [5.74, 6) is -0.297. The van der Waals surface area contributed by atoms with Gasteiger partial charge >= 0.3 is 0 Å². The zero-order valence-electron chi connectivity index (χ0n) is 21.6. The van der Waals surface area contributed by atoms with Gasteiger partial charge in [0.1, 0.15) is 18.3 Å². The minimum atomic E-state index is -4.12. The molecule has 10 heteroatoms. The van der Waals surface area contributed by atoms with Crippen LogP contribution in [0.4, 0.5) is 5.69 Å². The van der Waals surface area contributed by atoms with Gasteiger partial charge in [0.15, 0.2) is 0 Å². The fourth-order valence-corrected chi connectivity index (χ4v) is 5.38. The molecule has 38 heavy (non-hydrogen) atoms. The Kier molecular flexibility index (Phi) is 10.2. The maximum Gasteiger partial charge on any atom is 0.264 e. The molecule has 2 amide bonds. The van der Waals surface area contributed by atoms with Crippen LogP contribution in [0.3, 0.4) is 0 Å². The Bertz CT molecular complexity index is 1320. The summed E-state index contributed by atoms with van der Waals surface area (Å²) in [6.07, 6.45) is 0. The number of nitrogens with zero attached hydrogens (tertiary/aromatic N) is 2. The molecule has 3 rings (SSSR count). The molecule has 0 aliphatic rings. The summed E-state index contributed by atoms with van der Waals surface area (Å²) >= 11 is 6.01. The Balaban J connectivity index is 2.01. The number of nitrogens with one attached hydrogen (secondary N) is 1. The van der Waals surface area contributed by atoms with E-state index in [4.69, 9.17) is 16.3 Å². The molecule has 0 radical (unpaired) electrons. The Morgan fingerprint density at radius 1 is 0.947 bits per heavy atom. The molecule has 202 valence electrons. The van der Waals surface area contributed by atoms with Crippen molar-refractivity contribution < 1.29 is 22.7 Å². The van der Waals surface area contributed by atoms with E-state index in [0.29, 0.717) is 29.6 Å². The van der Waals surface area contributed by atoms with Gasteiger partial charge < -0.3 is 15.0 Å². The number of anilines is 1. The summed E-state index contributed by atoms with van der Waals surface area (Å²) < 4.78 is 34.0. The molecule has 1 atom stereocenters. The zero-order valence-corrected chi connectivity index (χ0v) is 23.2. The third kappa shape index (κ3) is 7.26. The van der Waals surface area contributed by atoms with Crippen LogP contribution in [-0.4, -0.2) is 50.9 Å². The molecule has 0 aliphatic carbocycles. The van der Waals surface area contributed by atoms with Crippen molar-refractivity contribution in [3.05, 3.63) is 89.4 Å². The minimum absolute atomic E-state index is 0.0442. The molecule has 0 spiro atoms. The molecule has 0 heterocycles. The van der Waals surface area contributed by atoms with E-state index in [1.165, 1.54) is 17.0 Å². The number of sulfonamides is 1. The maximum absolute atomic E-state index is 13.8. The van der Waals surface area contributed by atoms with Crippen molar-refractivity contribution in [2.75, 3.05) is 24.0 Å². The van der Waals surface area contributed by atoms with Gasteiger partial charge in [0.2, 0.25) is 11.8 Å². The van der Waals surface area contributed by atoms with Crippen molar-refractivity contribution in [1.82, 2.24) is 10.2 Å². The van der Waals surface area contributed by atoms with E-state index in [2.05, 4.69) is 5.32 Å². The van der Waals surface area contributed by atoms with Crippen LogP contribution in [0.1, 0.15) is 26.3 Å². The van der Waals surface area contributed by atoms with Gasteiger partial charge in [-0.15, -0.1) is 0 Å². The summed E-state index contributed by atoms with van der Waals surface area (Å²) in [6, 6.07) is 20.5. The molecule has 3 aromatic carbocycles. The van der Waals surface area contributed by atoms with E-state index < -0.39 is 28.5 Å². The first-order valence-electron chi connectivity index (χ1n) is 12.3. The molecular weight excluding hydrogens is 526 g/mol. The third-order valence-corrected chi connectivity index (χ3v) is 7.87. The Morgan fingerprint density at radius 2 is 1.58 bits per heavy atom. The number of benzene rings is 3. The Labute approximate surface area is 229 Å². The SMILES string of the molecule is CCNC(=O)[C@H](C)N(Cc1ccc(Cl)cc1)C(=O)CN(c1ccc(OCC)cc1)S(=O)(=O)c1ccccc1. The monoisotopic (exact) mass is 557 g/mol. The molecule has 0 bridgehead atoms. The van der Waals surface area contributed by atoms with Crippen LogP contribution >= 0.6 is 11.6 Å².